The van der Waals surface area contributed by atoms with Crippen molar-refractivity contribution in [2.75, 3.05) is 7.11 Å². The maximum atomic E-state index is 13.2. The molecule has 0 saturated carbocycles. The Kier molecular flexibility index (Phi) is 6.96. The van der Waals surface area contributed by atoms with Gasteiger partial charge in [-0.2, -0.15) is 0 Å². The molecule has 0 radical (unpaired) electrons. The topological polar surface area (TPSA) is 52.6 Å². The number of esters is 1. The zero-order valence-corrected chi connectivity index (χ0v) is 15.8. The van der Waals surface area contributed by atoms with Crippen LogP contribution in [-0.4, -0.2) is 25.0 Å². The summed E-state index contributed by atoms with van der Waals surface area (Å²) in [7, 11) is 1.36. The normalized spacial score (nSPS) is 11.9. The number of benzene rings is 2. The Hall–Kier alpha value is -2.62. The second-order valence-electron chi connectivity index (χ2n) is 6.58. The minimum absolute atomic E-state index is 0.0163. The molecule has 4 heteroatoms. The molecule has 0 N–H and O–H groups in total. The van der Waals surface area contributed by atoms with E-state index >= 15 is 0 Å². The van der Waals surface area contributed by atoms with Gasteiger partial charge in [0.2, 0.25) is 0 Å². The molecule has 26 heavy (non-hydrogen) atoms. The molecule has 1 unspecified atom stereocenters. The zero-order chi connectivity index (χ0) is 19.1. The lowest BCUT2D eigenvalue weighted by molar-refractivity contribution is -0.140. The second-order valence-corrected chi connectivity index (χ2v) is 6.58. The van der Waals surface area contributed by atoms with Gasteiger partial charge in [-0.3, -0.25) is 9.59 Å². The van der Waals surface area contributed by atoms with Crippen molar-refractivity contribution in [2.45, 2.75) is 45.6 Å². The van der Waals surface area contributed by atoms with Gasteiger partial charge < -0.3 is 9.47 Å². The van der Waals surface area contributed by atoms with Crippen LogP contribution in [0, 0.1) is 6.92 Å². The number of ether oxygens (including phenoxy) is 2. The van der Waals surface area contributed by atoms with E-state index in [0.717, 1.165) is 11.1 Å². The molecule has 0 spiro atoms. The first kappa shape index (κ1) is 19.7. The molecule has 2 rings (SSSR count). The van der Waals surface area contributed by atoms with Crippen molar-refractivity contribution in [2.24, 2.45) is 0 Å². The maximum absolute atomic E-state index is 13.2. The lowest BCUT2D eigenvalue weighted by atomic mass is 9.85. The highest BCUT2D eigenvalue weighted by atomic mass is 16.5. The molecular formula is C22H26O4. The molecule has 0 aliphatic heterocycles. The summed E-state index contributed by atoms with van der Waals surface area (Å²) in [6.45, 7) is 5.87. The Balaban J connectivity index is 2.33. The van der Waals surface area contributed by atoms with Crippen LogP contribution >= 0.6 is 0 Å². The van der Waals surface area contributed by atoms with E-state index in [1.54, 1.807) is 12.1 Å². The number of carbonyl (C=O) groups is 2. The van der Waals surface area contributed by atoms with Gasteiger partial charge in [0, 0.05) is 17.9 Å². The van der Waals surface area contributed by atoms with E-state index in [1.165, 1.54) is 7.11 Å². The highest BCUT2D eigenvalue weighted by Gasteiger charge is 2.24. The molecule has 0 aliphatic rings. The van der Waals surface area contributed by atoms with E-state index < -0.39 is 5.92 Å². The summed E-state index contributed by atoms with van der Waals surface area (Å²) in [5.74, 6) is -0.0577. The van der Waals surface area contributed by atoms with E-state index in [-0.39, 0.29) is 24.3 Å². The number of hydrogen-bond donors (Lipinski definition) is 0. The second kappa shape index (κ2) is 9.18. The molecule has 4 nitrogen and oxygen atoms in total. The van der Waals surface area contributed by atoms with Gasteiger partial charge in [-0.25, -0.2) is 0 Å². The average molecular weight is 354 g/mol. The SMILES string of the molecule is COC(=O)CCC(C(=O)c1cccc(OC(C)C)c1)c1ccccc1C. The lowest BCUT2D eigenvalue weighted by Crippen LogP contribution is -2.16. The third-order valence-electron chi connectivity index (χ3n) is 4.24. The Bertz CT molecular complexity index is 764. The number of methoxy groups -OCH3 is 1. The van der Waals surface area contributed by atoms with Gasteiger partial charge >= 0.3 is 5.97 Å². The molecule has 0 bridgehead atoms. The fourth-order valence-electron chi connectivity index (χ4n) is 2.97. The molecule has 0 amide bonds. The third-order valence-corrected chi connectivity index (χ3v) is 4.24. The van der Waals surface area contributed by atoms with Gasteiger partial charge in [0.05, 0.1) is 13.2 Å². The summed E-state index contributed by atoms with van der Waals surface area (Å²) in [6.07, 6.45) is 0.640. The standard InChI is InChI=1S/C22H26O4/c1-15(2)26-18-10-7-9-17(14-18)22(24)20(12-13-21(23)25-4)19-11-6-5-8-16(19)3/h5-11,14-15,20H,12-13H2,1-4H3. The van der Waals surface area contributed by atoms with Gasteiger partial charge in [0.25, 0.3) is 0 Å². The summed E-state index contributed by atoms with van der Waals surface area (Å²) in [6, 6.07) is 15.0. The lowest BCUT2D eigenvalue weighted by Gasteiger charge is -2.19. The van der Waals surface area contributed by atoms with E-state index in [9.17, 15) is 9.59 Å². The van der Waals surface area contributed by atoms with E-state index in [4.69, 9.17) is 9.47 Å². The molecule has 0 fully saturated rings. The maximum Gasteiger partial charge on any atom is 0.305 e. The first-order valence-electron chi connectivity index (χ1n) is 8.85. The quantitative estimate of drug-likeness (QED) is 0.509. The minimum atomic E-state index is -0.399. The third kappa shape index (κ3) is 5.19. The monoisotopic (exact) mass is 354 g/mol. The van der Waals surface area contributed by atoms with Crippen molar-refractivity contribution >= 4 is 11.8 Å². The van der Waals surface area contributed by atoms with Crippen molar-refractivity contribution < 1.29 is 19.1 Å². The molecule has 0 aromatic heterocycles. The highest BCUT2D eigenvalue weighted by molar-refractivity contribution is 6.01. The van der Waals surface area contributed by atoms with Gasteiger partial charge in [0.1, 0.15) is 5.75 Å². The van der Waals surface area contributed by atoms with Crippen LogP contribution < -0.4 is 4.74 Å². The van der Waals surface area contributed by atoms with Crippen LogP contribution in [-0.2, 0) is 9.53 Å². The smallest absolute Gasteiger partial charge is 0.305 e. The summed E-state index contributed by atoms with van der Waals surface area (Å²) in [5, 5.41) is 0. The summed E-state index contributed by atoms with van der Waals surface area (Å²) < 4.78 is 10.4. The Morgan fingerprint density at radius 1 is 1.04 bits per heavy atom. The highest BCUT2D eigenvalue weighted by Crippen LogP contribution is 2.29. The molecule has 2 aromatic rings. The minimum Gasteiger partial charge on any atom is -0.491 e. The van der Waals surface area contributed by atoms with E-state index in [2.05, 4.69) is 0 Å². The summed E-state index contributed by atoms with van der Waals surface area (Å²) in [4.78, 5) is 24.8. The van der Waals surface area contributed by atoms with Crippen LogP contribution in [0.25, 0.3) is 0 Å². The van der Waals surface area contributed by atoms with Crippen molar-refractivity contribution in [1.29, 1.82) is 0 Å². The first-order chi connectivity index (χ1) is 12.4. The fraction of sp³-hybridized carbons (Fsp3) is 0.364. The fourth-order valence-corrected chi connectivity index (χ4v) is 2.97. The van der Waals surface area contributed by atoms with Crippen LogP contribution in [0.5, 0.6) is 5.75 Å². The van der Waals surface area contributed by atoms with Gasteiger partial charge in [-0.1, -0.05) is 36.4 Å². The zero-order valence-electron chi connectivity index (χ0n) is 15.8. The largest absolute Gasteiger partial charge is 0.491 e. The molecule has 1 atom stereocenters. The molecule has 138 valence electrons. The Morgan fingerprint density at radius 3 is 2.42 bits per heavy atom. The predicted octanol–water partition coefficient (Wildman–Crippen LogP) is 4.70. The van der Waals surface area contributed by atoms with E-state index in [1.807, 2.05) is 57.2 Å². The summed E-state index contributed by atoms with van der Waals surface area (Å²) >= 11 is 0. The summed E-state index contributed by atoms with van der Waals surface area (Å²) in [5.41, 5.74) is 2.56. The van der Waals surface area contributed by atoms with Crippen LogP contribution in [0.4, 0.5) is 0 Å². The molecule has 0 saturated heterocycles. The van der Waals surface area contributed by atoms with Crippen LogP contribution in [0.15, 0.2) is 48.5 Å². The van der Waals surface area contributed by atoms with Crippen molar-refractivity contribution in [3.8, 4) is 5.75 Å². The first-order valence-corrected chi connectivity index (χ1v) is 8.85. The molecule has 0 aliphatic carbocycles. The molecule has 0 heterocycles. The Labute approximate surface area is 155 Å². The van der Waals surface area contributed by atoms with Crippen molar-refractivity contribution in [3.63, 3.8) is 0 Å². The molecule has 2 aromatic carbocycles. The molecular weight excluding hydrogens is 328 g/mol. The number of hydrogen-bond acceptors (Lipinski definition) is 4. The van der Waals surface area contributed by atoms with Crippen LogP contribution in [0.3, 0.4) is 0 Å². The van der Waals surface area contributed by atoms with Gasteiger partial charge in [0.15, 0.2) is 5.78 Å². The van der Waals surface area contributed by atoms with Crippen molar-refractivity contribution in [3.05, 3.63) is 65.2 Å². The number of ketones is 1. The number of aryl methyl sites for hydroxylation is 1. The van der Waals surface area contributed by atoms with E-state index in [0.29, 0.717) is 17.7 Å². The van der Waals surface area contributed by atoms with Crippen LogP contribution in [0.1, 0.15) is 54.1 Å². The van der Waals surface area contributed by atoms with Gasteiger partial charge in [-0.05, 0) is 50.5 Å². The number of carbonyl (C=O) groups excluding carboxylic acids is 2. The number of Topliss-reactive ketones (excluding diaryl/α,β-unsaturated/α-hetero) is 1. The number of rotatable bonds is 8. The Morgan fingerprint density at radius 2 is 1.77 bits per heavy atom. The van der Waals surface area contributed by atoms with Gasteiger partial charge in [-0.15, -0.1) is 0 Å². The average Bonchev–Trinajstić information content (AvgIpc) is 2.62. The van der Waals surface area contributed by atoms with Crippen LogP contribution in [0.2, 0.25) is 0 Å². The predicted molar refractivity (Wildman–Crippen MR) is 102 cm³/mol. The van der Waals surface area contributed by atoms with Crippen molar-refractivity contribution in [1.82, 2.24) is 0 Å².